The molecule has 4 rings (SSSR count). The van der Waals surface area contributed by atoms with E-state index in [0.29, 0.717) is 27.7 Å². The molecule has 168 valence electrons. The number of alkyl halides is 3. The van der Waals surface area contributed by atoms with Crippen LogP contribution in [0.15, 0.2) is 66.3 Å². The lowest BCUT2D eigenvalue weighted by atomic mass is 10.1. The topological polar surface area (TPSA) is 77.0 Å². The molecule has 10 heteroatoms. The molecule has 0 unspecified atom stereocenters. The third kappa shape index (κ3) is 5.72. The minimum absolute atomic E-state index is 0.0344. The van der Waals surface area contributed by atoms with Crippen LogP contribution in [0.3, 0.4) is 0 Å². The summed E-state index contributed by atoms with van der Waals surface area (Å²) in [6, 6.07) is 11.9. The number of amides is 1. The Kier molecular flexibility index (Phi) is 6.36. The minimum Gasteiger partial charge on any atom is -0.424 e. The van der Waals surface area contributed by atoms with Gasteiger partial charge in [-0.05, 0) is 48.9 Å². The number of benzene rings is 2. The van der Waals surface area contributed by atoms with Crippen molar-refractivity contribution in [1.29, 1.82) is 0 Å². The molecule has 33 heavy (non-hydrogen) atoms. The normalized spacial score (nSPS) is 11.3. The molecular formula is C23H17F3N4O2S. The number of aryl methyl sites for hydroxylation is 1. The quantitative estimate of drug-likeness (QED) is 0.380. The van der Waals surface area contributed by atoms with E-state index < -0.39 is 11.7 Å². The van der Waals surface area contributed by atoms with Crippen LogP contribution in [0.4, 0.5) is 18.9 Å². The Labute approximate surface area is 191 Å². The fourth-order valence-electron chi connectivity index (χ4n) is 2.96. The van der Waals surface area contributed by atoms with Crippen molar-refractivity contribution in [2.45, 2.75) is 19.5 Å². The number of hydrogen-bond donors (Lipinski definition) is 1. The van der Waals surface area contributed by atoms with Gasteiger partial charge in [-0.25, -0.2) is 15.0 Å². The average molecular weight is 470 g/mol. The number of carbonyl (C=O) groups is 1. The fraction of sp³-hybridized carbons (Fsp3) is 0.130. The molecular weight excluding hydrogens is 453 g/mol. The van der Waals surface area contributed by atoms with Crippen molar-refractivity contribution in [2.24, 2.45) is 0 Å². The number of nitrogens with one attached hydrogen (secondary N) is 1. The van der Waals surface area contributed by atoms with E-state index >= 15 is 0 Å². The van der Waals surface area contributed by atoms with E-state index in [0.717, 1.165) is 17.7 Å². The molecule has 1 amide bonds. The van der Waals surface area contributed by atoms with Gasteiger partial charge in [-0.3, -0.25) is 4.79 Å². The maximum atomic E-state index is 12.7. The van der Waals surface area contributed by atoms with E-state index in [4.69, 9.17) is 4.74 Å². The van der Waals surface area contributed by atoms with Crippen LogP contribution in [0.25, 0.3) is 10.6 Å². The van der Waals surface area contributed by atoms with Crippen molar-refractivity contribution in [3.05, 3.63) is 83.1 Å². The number of rotatable bonds is 6. The SMILES string of the molecule is Cc1cc(Oc2ncccn2)ccc1NC(=O)Cc1csc(-c2ccc(C(F)(F)F)cc2)n1. The molecule has 2 aromatic carbocycles. The highest BCUT2D eigenvalue weighted by Gasteiger charge is 2.30. The summed E-state index contributed by atoms with van der Waals surface area (Å²) in [4.78, 5) is 24.9. The van der Waals surface area contributed by atoms with Gasteiger partial charge >= 0.3 is 12.2 Å². The number of carbonyl (C=O) groups excluding carboxylic acids is 1. The number of halogens is 3. The van der Waals surface area contributed by atoms with Gasteiger partial charge in [0.2, 0.25) is 5.91 Å². The maximum Gasteiger partial charge on any atom is 0.416 e. The number of aromatic nitrogens is 3. The molecule has 0 radical (unpaired) electrons. The fourth-order valence-corrected chi connectivity index (χ4v) is 3.79. The number of anilines is 1. The number of hydrogen-bond acceptors (Lipinski definition) is 6. The summed E-state index contributed by atoms with van der Waals surface area (Å²) in [5.74, 6) is 0.278. The predicted octanol–water partition coefficient (Wildman–Crippen LogP) is 5.90. The minimum atomic E-state index is -4.39. The van der Waals surface area contributed by atoms with E-state index in [1.54, 1.807) is 42.0 Å². The van der Waals surface area contributed by atoms with Crippen molar-refractivity contribution >= 4 is 22.9 Å². The van der Waals surface area contributed by atoms with Crippen LogP contribution in [0.2, 0.25) is 0 Å². The van der Waals surface area contributed by atoms with Gasteiger partial charge in [0.25, 0.3) is 0 Å². The summed E-state index contributed by atoms with van der Waals surface area (Å²) in [5.41, 5.74) is 1.80. The lowest BCUT2D eigenvalue weighted by Crippen LogP contribution is -2.15. The van der Waals surface area contributed by atoms with Crippen LogP contribution in [-0.4, -0.2) is 20.9 Å². The summed E-state index contributed by atoms with van der Waals surface area (Å²) >= 11 is 1.27. The Morgan fingerprint density at radius 3 is 2.48 bits per heavy atom. The molecule has 4 aromatic rings. The van der Waals surface area contributed by atoms with E-state index in [1.165, 1.54) is 23.5 Å². The molecule has 0 fully saturated rings. The highest BCUT2D eigenvalue weighted by Crippen LogP contribution is 2.32. The van der Waals surface area contributed by atoms with Gasteiger partial charge in [0.1, 0.15) is 10.8 Å². The van der Waals surface area contributed by atoms with Gasteiger partial charge in [-0.1, -0.05) is 12.1 Å². The lowest BCUT2D eigenvalue weighted by molar-refractivity contribution is -0.137. The molecule has 0 aliphatic rings. The van der Waals surface area contributed by atoms with E-state index in [9.17, 15) is 18.0 Å². The zero-order chi connectivity index (χ0) is 23.4. The smallest absolute Gasteiger partial charge is 0.416 e. The zero-order valence-corrected chi connectivity index (χ0v) is 18.1. The summed E-state index contributed by atoms with van der Waals surface area (Å²) in [6.07, 6.45) is -1.20. The first-order valence-corrected chi connectivity index (χ1v) is 10.6. The summed E-state index contributed by atoms with van der Waals surface area (Å²) < 4.78 is 43.8. The molecule has 6 nitrogen and oxygen atoms in total. The summed E-state index contributed by atoms with van der Waals surface area (Å²) in [5, 5.41) is 5.10. The second-order valence-corrected chi connectivity index (χ2v) is 7.91. The van der Waals surface area contributed by atoms with Crippen molar-refractivity contribution in [2.75, 3.05) is 5.32 Å². The zero-order valence-electron chi connectivity index (χ0n) is 17.3. The highest BCUT2D eigenvalue weighted by molar-refractivity contribution is 7.13. The molecule has 0 bridgehead atoms. The maximum absolute atomic E-state index is 12.7. The Hall–Kier alpha value is -3.79. The Morgan fingerprint density at radius 2 is 1.82 bits per heavy atom. The first-order chi connectivity index (χ1) is 15.8. The van der Waals surface area contributed by atoms with Gasteiger partial charge in [0.05, 0.1) is 17.7 Å². The molecule has 0 saturated carbocycles. The molecule has 0 atom stereocenters. The van der Waals surface area contributed by atoms with E-state index in [1.807, 2.05) is 6.92 Å². The lowest BCUT2D eigenvalue weighted by Gasteiger charge is -2.10. The Balaban J connectivity index is 1.38. The van der Waals surface area contributed by atoms with Crippen molar-refractivity contribution < 1.29 is 22.7 Å². The third-order valence-electron chi connectivity index (χ3n) is 4.58. The third-order valence-corrected chi connectivity index (χ3v) is 5.52. The molecule has 2 aromatic heterocycles. The number of ether oxygens (including phenoxy) is 1. The second kappa shape index (κ2) is 9.37. The monoisotopic (exact) mass is 470 g/mol. The van der Waals surface area contributed by atoms with Crippen LogP contribution in [0.5, 0.6) is 11.8 Å². The number of nitrogens with zero attached hydrogens (tertiary/aromatic N) is 3. The van der Waals surface area contributed by atoms with Crippen molar-refractivity contribution in [1.82, 2.24) is 15.0 Å². The van der Waals surface area contributed by atoms with Crippen LogP contribution >= 0.6 is 11.3 Å². The van der Waals surface area contributed by atoms with Crippen LogP contribution in [-0.2, 0) is 17.4 Å². The van der Waals surface area contributed by atoms with Crippen molar-refractivity contribution in [3.63, 3.8) is 0 Å². The Morgan fingerprint density at radius 1 is 1.09 bits per heavy atom. The molecule has 0 saturated heterocycles. The average Bonchev–Trinajstić information content (AvgIpc) is 3.24. The predicted molar refractivity (Wildman–Crippen MR) is 118 cm³/mol. The van der Waals surface area contributed by atoms with Crippen LogP contribution in [0.1, 0.15) is 16.8 Å². The first kappa shape index (κ1) is 22.4. The molecule has 2 heterocycles. The summed E-state index contributed by atoms with van der Waals surface area (Å²) in [7, 11) is 0. The van der Waals surface area contributed by atoms with Crippen molar-refractivity contribution in [3.8, 4) is 22.3 Å². The first-order valence-electron chi connectivity index (χ1n) is 9.75. The molecule has 1 N–H and O–H groups in total. The van der Waals surface area contributed by atoms with Crippen LogP contribution in [0, 0.1) is 6.92 Å². The van der Waals surface area contributed by atoms with Crippen LogP contribution < -0.4 is 10.1 Å². The van der Waals surface area contributed by atoms with Gasteiger partial charge < -0.3 is 10.1 Å². The second-order valence-electron chi connectivity index (χ2n) is 7.05. The Bertz CT molecular complexity index is 1260. The largest absolute Gasteiger partial charge is 0.424 e. The summed E-state index contributed by atoms with van der Waals surface area (Å²) in [6.45, 7) is 1.83. The van der Waals surface area contributed by atoms with Gasteiger partial charge in [-0.15, -0.1) is 11.3 Å². The van der Waals surface area contributed by atoms with E-state index in [-0.39, 0.29) is 18.3 Å². The standard InChI is InChI=1S/C23H17F3N4O2S/c1-14-11-18(32-22-27-9-2-10-28-22)7-8-19(14)30-20(31)12-17-13-33-21(29-17)15-3-5-16(6-4-15)23(24,25)26/h2-11,13H,12H2,1H3,(H,30,31). The number of thiazole rings is 1. The van der Waals surface area contributed by atoms with Gasteiger partial charge in [-0.2, -0.15) is 13.2 Å². The molecule has 0 aliphatic heterocycles. The highest BCUT2D eigenvalue weighted by atomic mass is 32.1. The van der Waals surface area contributed by atoms with E-state index in [2.05, 4.69) is 20.3 Å². The van der Waals surface area contributed by atoms with Gasteiger partial charge in [0.15, 0.2) is 0 Å². The molecule has 0 aliphatic carbocycles. The van der Waals surface area contributed by atoms with Gasteiger partial charge in [0, 0.05) is 29.0 Å². The molecule has 0 spiro atoms.